The molecule has 1 aromatic rings. The number of hydrogen-bond acceptors (Lipinski definition) is 3. The molecule has 84 valence electrons. The van der Waals surface area contributed by atoms with Crippen molar-refractivity contribution >= 4 is 17.7 Å². The summed E-state index contributed by atoms with van der Waals surface area (Å²) in [5.74, 6) is 0.335. The summed E-state index contributed by atoms with van der Waals surface area (Å²) in [5, 5.41) is 10.4. The maximum Gasteiger partial charge on any atom is 0.417 e. The highest BCUT2D eigenvalue weighted by molar-refractivity contribution is 6.30. The fourth-order valence-electron chi connectivity index (χ4n) is 1.55. The predicted molar refractivity (Wildman–Crippen MR) is 59.3 cm³/mol. The van der Waals surface area contributed by atoms with Gasteiger partial charge in [0.2, 0.25) is 0 Å². The minimum atomic E-state index is -1.05. The van der Waals surface area contributed by atoms with Gasteiger partial charge in [-0.15, -0.1) is 6.58 Å². The van der Waals surface area contributed by atoms with Gasteiger partial charge in [0.05, 0.1) is 0 Å². The number of rotatable bonds is 2. The molecule has 5 heteroatoms. The Morgan fingerprint density at radius 1 is 1.62 bits per heavy atom. The van der Waals surface area contributed by atoms with Gasteiger partial charge in [-0.2, -0.15) is 0 Å². The van der Waals surface area contributed by atoms with Gasteiger partial charge in [0.15, 0.2) is 6.23 Å². The van der Waals surface area contributed by atoms with Crippen LogP contribution in [0, 0.1) is 0 Å². The topological polar surface area (TPSA) is 49.8 Å². The van der Waals surface area contributed by atoms with Gasteiger partial charge in [0.25, 0.3) is 0 Å². The van der Waals surface area contributed by atoms with Gasteiger partial charge in [-0.3, -0.25) is 4.90 Å². The first kappa shape index (κ1) is 11.0. The lowest BCUT2D eigenvalue weighted by Crippen LogP contribution is -2.40. The van der Waals surface area contributed by atoms with Gasteiger partial charge < -0.3 is 9.84 Å². The Kier molecular flexibility index (Phi) is 2.85. The van der Waals surface area contributed by atoms with Gasteiger partial charge in [-0.05, 0) is 18.2 Å². The van der Waals surface area contributed by atoms with Crippen LogP contribution in [0.2, 0.25) is 5.02 Å². The Bertz CT molecular complexity index is 447. The van der Waals surface area contributed by atoms with Crippen molar-refractivity contribution in [3.05, 3.63) is 41.4 Å². The summed E-state index contributed by atoms with van der Waals surface area (Å²) in [7, 11) is 0. The molecule has 1 atom stereocenters. The van der Waals surface area contributed by atoms with E-state index in [0.29, 0.717) is 16.3 Å². The molecule has 0 aromatic heterocycles. The SMILES string of the molecule is C=CCN1C(=O)Oc2ccc(Cl)cc2C1O. The number of halogens is 1. The molecule has 16 heavy (non-hydrogen) atoms. The highest BCUT2D eigenvalue weighted by Gasteiger charge is 2.32. The largest absolute Gasteiger partial charge is 0.417 e. The molecular formula is C11H10ClNO3. The standard InChI is InChI=1S/C11H10ClNO3/c1-2-5-13-10(14)8-6-7(12)3-4-9(8)16-11(13)15/h2-4,6,10,14H,1,5H2. The Hall–Kier alpha value is -1.52. The number of amides is 1. The molecule has 1 amide bonds. The van der Waals surface area contributed by atoms with E-state index in [1.54, 1.807) is 18.2 Å². The summed E-state index contributed by atoms with van der Waals surface area (Å²) in [4.78, 5) is 12.7. The van der Waals surface area contributed by atoms with E-state index in [4.69, 9.17) is 16.3 Å². The lowest BCUT2D eigenvalue weighted by Gasteiger charge is -2.31. The first-order valence-corrected chi connectivity index (χ1v) is 5.08. The van der Waals surface area contributed by atoms with Crippen LogP contribution in [0.4, 0.5) is 4.79 Å². The van der Waals surface area contributed by atoms with Crippen molar-refractivity contribution in [3.63, 3.8) is 0 Å². The normalized spacial score (nSPS) is 19.0. The smallest absolute Gasteiger partial charge is 0.410 e. The third-order valence-electron chi connectivity index (χ3n) is 2.30. The predicted octanol–water partition coefficient (Wildman–Crippen LogP) is 2.33. The summed E-state index contributed by atoms with van der Waals surface area (Å²) in [6.07, 6.45) is -0.129. The van der Waals surface area contributed by atoms with Crippen molar-refractivity contribution < 1.29 is 14.6 Å². The molecule has 0 saturated carbocycles. The molecule has 0 fully saturated rings. The molecule has 0 aliphatic carbocycles. The monoisotopic (exact) mass is 239 g/mol. The number of carbonyl (C=O) groups excluding carboxylic acids is 1. The van der Waals surface area contributed by atoms with Gasteiger partial charge in [-0.1, -0.05) is 17.7 Å². The van der Waals surface area contributed by atoms with Crippen molar-refractivity contribution in [2.45, 2.75) is 6.23 Å². The van der Waals surface area contributed by atoms with E-state index >= 15 is 0 Å². The molecule has 2 rings (SSSR count). The molecule has 0 bridgehead atoms. The quantitative estimate of drug-likeness (QED) is 0.806. The molecule has 4 nitrogen and oxygen atoms in total. The first-order valence-electron chi connectivity index (χ1n) is 4.70. The molecule has 0 radical (unpaired) electrons. The number of hydrogen-bond donors (Lipinski definition) is 1. The molecule has 1 aliphatic heterocycles. The summed E-state index contributed by atoms with van der Waals surface area (Å²) < 4.78 is 5.04. The summed E-state index contributed by atoms with van der Waals surface area (Å²) in [5.41, 5.74) is 0.481. The van der Waals surface area contributed by atoms with Crippen molar-refractivity contribution in [2.75, 3.05) is 6.54 Å². The van der Waals surface area contributed by atoms with E-state index in [1.165, 1.54) is 6.08 Å². The van der Waals surface area contributed by atoms with E-state index < -0.39 is 12.3 Å². The van der Waals surface area contributed by atoms with Crippen LogP contribution in [-0.2, 0) is 0 Å². The fourth-order valence-corrected chi connectivity index (χ4v) is 1.73. The van der Waals surface area contributed by atoms with Crippen LogP contribution in [0.3, 0.4) is 0 Å². The third-order valence-corrected chi connectivity index (χ3v) is 2.54. The molecule has 0 saturated heterocycles. The molecule has 1 aromatic carbocycles. The molecule has 1 unspecified atom stereocenters. The van der Waals surface area contributed by atoms with Gasteiger partial charge in [0, 0.05) is 17.1 Å². The Labute approximate surface area is 97.7 Å². The van der Waals surface area contributed by atoms with Crippen molar-refractivity contribution in [2.24, 2.45) is 0 Å². The van der Waals surface area contributed by atoms with Crippen LogP contribution in [0.5, 0.6) is 5.75 Å². The van der Waals surface area contributed by atoms with E-state index in [-0.39, 0.29) is 6.54 Å². The van der Waals surface area contributed by atoms with Crippen LogP contribution in [0.15, 0.2) is 30.9 Å². The second-order valence-electron chi connectivity index (χ2n) is 3.36. The highest BCUT2D eigenvalue weighted by Crippen LogP contribution is 2.34. The van der Waals surface area contributed by atoms with Gasteiger partial charge in [0.1, 0.15) is 5.75 Å². The number of aliphatic hydroxyl groups excluding tert-OH is 1. The number of fused-ring (bicyclic) bond motifs is 1. The zero-order valence-electron chi connectivity index (χ0n) is 8.39. The van der Waals surface area contributed by atoms with E-state index in [0.717, 1.165) is 4.90 Å². The second kappa shape index (κ2) is 4.15. The van der Waals surface area contributed by atoms with Gasteiger partial charge in [-0.25, -0.2) is 4.79 Å². The van der Waals surface area contributed by atoms with E-state index in [1.807, 2.05) is 0 Å². The lowest BCUT2D eigenvalue weighted by molar-refractivity contribution is 0.00614. The number of benzene rings is 1. The zero-order valence-corrected chi connectivity index (χ0v) is 9.15. The second-order valence-corrected chi connectivity index (χ2v) is 3.80. The number of ether oxygens (including phenoxy) is 1. The Morgan fingerprint density at radius 3 is 3.06 bits per heavy atom. The Morgan fingerprint density at radius 2 is 2.38 bits per heavy atom. The number of nitrogens with zero attached hydrogens (tertiary/aromatic N) is 1. The average Bonchev–Trinajstić information content (AvgIpc) is 2.26. The number of aliphatic hydroxyl groups is 1. The van der Waals surface area contributed by atoms with Crippen LogP contribution >= 0.6 is 11.6 Å². The first-order chi connectivity index (χ1) is 7.63. The van der Waals surface area contributed by atoms with Crippen molar-refractivity contribution in [1.29, 1.82) is 0 Å². The highest BCUT2D eigenvalue weighted by atomic mass is 35.5. The minimum absolute atomic E-state index is 0.214. The molecular weight excluding hydrogens is 230 g/mol. The summed E-state index contributed by atoms with van der Waals surface area (Å²) >= 11 is 5.81. The minimum Gasteiger partial charge on any atom is -0.410 e. The summed E-state index contributed by atoms with van der Waals surface area (Å²) in [6.45, 7) is 3.72. The van der Waals surface area contributed by atoms with Crippen LogP contribution in [-0.4, -0.2) is 22.6 Å². The fraction of sp³-hybridized carbons (Fsp3) is 0.182. The Balaban J connectivity index is 2.41. The van der Waals surface area contributed by atoms with E-state index in [9.17, 15) is 9.90 Å². The van der Waals surface area contributed by atoms with E-state index in [2.05, 4.69) is 6.58 Å². The maximum atomic E-state index is 11.5. The molecule has 1 heterocycles. The average molecular weight is 240 g/mol. The van der Waals surface area contributed by atoms with Crippen LogP contribution in [0.25, 0.3) is 0 Å². The van der Waals surface area contributed by atoms with Crippen molar-refractivity contribution in [1.82, 2.24) is 4.90 Å². The molecule has 1 N–H and O–H groups in total. The molecule has 1 aliphatic rings. The van der Waals surface area contributed by atoms with Crippen molar-refractivity contribution in [3.8, 4) is 5.75 Å². The van der Waals surface area contributed by atoms with Crippen LogP contribution in [0.1, 0.15) is 11.8 Å². The molecule has 0 spiro atoms. The summed E-state index contributed by atoms with van der Waals surface area (Å²) in [6, 6.07) is 4.73. The lowest BCUT2D eigenvalue weighted by atomic mass is 10.1. The zero-order chi connectivity index (χ0) is 11.7. The number of carbonyl (C=O) groups is 1. The van der Waals surface area contributed by atoms with Crippen LogP contribution < -0.4 is 4.74 Å². The third kappa shape index (κ3) is 1.77. The van der Waals surface area contributed by atoms with Gasteiger partial charge >= 0.3 is 6.09 Å². The maximum absolute atomic E-state index is 11.5.